The molecule has 0 heterocycles. The number of thiocarbonyl (C=S) groups is 1. The Morgan fingerprint density at radius 3 is 2.00 bits per heavy atom. The number of aliphatic imine (C=N–C) groups is 1. The molecule has 0 spiro atoms. The van der Waals surface area contributed by atoms with Gasteiger partial charge in [-0.1, -0.05) is 23.4 Å². The van der Waals surface area contributed by atoms with E-state index in [0.717, 1.165) is 20.5 Å². The summed E-state index contributed by atoms with van der Waals surface area (Å²) in [5, 5.41) is 3.10. The van der Waals surface area contributed by atoms with Crippen molar-refractivity contribution in [2.24, 2.45) is 4.99 Å². The molecule has 17 heavy (non-hydrogen) atoms. The van der Waals surface area contributed by atoms with E-state index >= 15 is 0 Å². The van der Waals surface area contributed by atoms with E-state index in [-0.39, 0.29) is 0 Å². The van der Waals surface area contributed by atoms with Gasteiger partial charge in [-0.15, -0.1) is 0 Å². The second-order valence-corrected chi connectivity index (χ2v) is 5.02. The normalized spacial score (nSPS) is 9.71. The predicted molar refractivity (Wildman–Crippen MR) is 76.7 cm³/mol. The van der Waals surface area contributed by atoms with E-state index in [9.17, 15) is 0 Å². The molecule has 0 N–H and O–H groups in total. The van der Waals surface area contributed by atoms with Gasteiger partial charge in [0.1, 0.15) is 0 Å². The lowest BCUT2D eigenvalue weighted by atomic mass is 10.3. The standard InChI is InChI=1S/C13H8ClNS2/c14-10-1-5-12(6-2-10)17-13-7-3-11(4-8-13)15-9-16/h1-8H. The van der Waals surface area contributed by atoms with Crippen molar-refractivity contribution in [3.8, 4) is 0 Å². The van der Waals surface area contributed by atoms with E-state index in [4.69, 9.17) is 11.6 Å². The highest BCUT2D eigenvalue weighted by Gasteiger charge is 1.97. The van der Waals surface area contributed by atoms with Crippen LogP contribution in [0.3, 0.4) is 0 Å². The van der Waals surface area contributed by atoms with Gasteiger partial charge in [0, 0.05) is 14.8 Å². The fourth-order valence-electron chi connectivity index (χ4n) is 1.28. The van der Waals surface area contributed by atoms with E-state index in [1.54, 1.807) is 11.8 Å². The second-order valence-electron chi connectivity index (χ2n) is 3.25. The van der Waals surface area contributed by atoms with E-state index in [2.05, 4.69) is 22.4 Å². The molecule has 0 aliphatic heterocycles. The van der Waals surface area contributed by atoms with Crippen LogP contribution in [0.25, 0.3) is 0 Å². The van der Waals surface area contributed by atoms with Gasteiger partial charge < -0.3 is 0 Å². The van der Waals surface area contributed by atoms with Gasteiger partial charge in [-0.2, -0.15) is 4.99 Å². The predicted octanol–water partition coefficient (Wildman–Crippen LogP) is 5.23. The summed E-state index contributed by atoms with van der Waals surface area (Å²) in [6.45, 7) is 0. The van der Waals surface area contributed by atoms with Crippen molar-refractivity contribution < 1.29 is 0 Å². The minimum Gasteiger partial charge on any atom is -0.195 e. The Balaban J connectivity index is 2.13. The van der Waals surface area contributed by atoms with Crippen LogP contribution >= 0.6 is 35.6 Å². The fourth-order valence-corrected chi connectivity index (χ4v) is 2.33. The van der Waals surface area contributed by atoms with Crippen molar-refractivity contribution in [1.29, 1.82) is 0 Å². The molecule has 0 saturated carbocycles. The number of hydrogen-bond acceptors (Lipinski definition) is 3. The summed E-state index contributed by atoms with van der Waals surface area (Å²) in [5.41, 5.74) is 0.820. The average Bonchev–Trinajstić information content (AvgIpc) is 2.35. The Hall–Kier alpha value is -1.12. The van der Waals surface area contributed by atoms with Gasteiger partial charge in [-0.3, -0.25) is 0 Å². The van der Waals surface area contributed by atoms with Crippen LogP contribution in [0.4, 0.5) is 5.69 Å². The first-order chi connectivity index (χ1) is 8.28. The van der Waals surface area contributed by atoms with Gasteiger partial charge in [0.2, 0.25) is 0 Å². The van der Waals surface area contributed by atoms with Crippen molar-refractivity contribution in [3.63, 3.8) is 0 Å². The molecule has 0 aliphatic rings. The molecule has 4 heteroatoms. The average molecular weight is 278 g/mol. The number of rotatable bonds is 3. The number of hydrogen-bond donors (Lipinski definition) is 0. The van der Waals surface area contributed by atoms with Crippen LogP contribution in [-0.4, -0.2) is 5.16 Å². The quantitative estimate of drug-likeness (QED) is 0.563. The maximum absolute atomic E-state index is 5.83. The van der Waals surface area contributed by atoms with Crippen molar-refractivity contribution in [3.05, 3.63) is 53.6 Å². The van der Waals surface area contributed by atoms with Crippen molar-refractivity contribution in [2.75, 3.05) is 0 Å². The summed E-state index contributed by atoms with van der Waals surface area (Å²) in [6, 6.07) is 15.6. The highest BCUT2D eigenvalue weighted by atomic mass is 35.5. The van der Waals surface area contributed by atoms with E-state index in [1.807, 2.05) is 48.5 Å². The van der Waals surface area contributed by atoms with Crippen molar-refractivity contribution in [2.45, 2.75) is 9.79 Å². The van der Waals surface area contributed by atoms with Crippen molar-refractivity contribution in [1.82, 2.24) is 0 Å². The maximum Gasteiger partial charge on any atom is 0.0740 e. The smallest absolute Gasteiger partial charge is 0.0740 e. The van der Waals surface area contributed by atoms with Crippen LogP contribution in [0, 0.1) is 0 Å². The molecular formula is C13H8ClNS2. The molecule has 2 aromatic rings. The SMILES string of the molecule is S=C=Nc1ccc(Sc2ccc(Cl)cc2)cc1. The number of isothiocyanates is 1. The zero-order chi connectivity index (χ0) is 12.1. The lowest BCUT2D eigenvalue weighted by Gasteiger charge is -2.01. The molecule has 0 radical (unpaired) electrons. The van der Waals surface area contributed by atoms with E-state index in [1.165, 1.54) is 0 Å². The number of benzene rings is 2. The van der Waals surface area contributed by atoms with Crippen LogP contribution in [0.2, 0.25) is 5.02 Å². The second kappa shape index (κ2) is 5.99. The molecule has 0 unspecified atom stereocenters. The lowest BCUT2D eigenvalue weighted by Crippen LogP contribution is -1.73. The minimum atomic E-state index is 0.750. The van der Waals surface area contributed by atoms with Crippen LogP contribution < -0.4 is 0 Å². The Labute approximate surface area is 115 Å². The van der Waals surface area contributed by atoms with Gasteiger partial charge in [0.15, 0.2) is 0 Å². The van der Waals surface area contributed by atoms with E-state index < -0.39 is 0 Å². The highest BCUT2D eigenvalue weighted by molar-refractivity contribution is 7.99. The molecule has 0 aliphatic carbocycles. The van der Waals surface area contributed by atoms with Crippen LogP contribution in [0.15, 0.2) is 63.3 Å². The summed E-state index contributed by atoms with van der Waals surface area (Å²) in [6.07, 6.45) is 0. The number of halogens is 1. The van der Waals surface area contributed by atoms with Crippen LogP contribution in [0.5, 0.6) is 0 Å². The summed E-state index contributed by atoms with van der Waals surface area (Å²) in [5.74, 6) is 0. The Morgan fingerprint density at radius 2 is 1.47 bits per heavy atom. The topological polar surface area (TPSA) is 12.4 Å². The molecule has 0 fully saturated rings. The first kappa shape index (κ1) is 12.3. The molecule has 0 saturated heterocycles. The maximum atomic E-state index is 5.83. The monoisotopic (exact) mass is 277 g/mol. The zero-order valence-electron chi connectivity index (χ0n) is 8.76. The molecule has 2 aromatic carbocycles. The fraction of sp³-hybridized carbons (Fsp3) is 0. The highest BCUT2D eigenvalue weighted by Crippen LogP contribution is 2.29. The first-order valence-corrected chi connectivity index (χ1v) is 6.49. The Kier molecular flexibility index (Phi) is 4.35. The molecule has 0 amide bonds. The number of nitrogens with zero attached hydrogens (tertiary/aromatic N) is 1. The lowest BCUT2D eigenvalue weighted by molar-refractivity contribution is 1.39. The van der Waals surface area contributed by atoms with Gasteiger partial charge in [-0.05, 0) is 60.7 Å². The third-order valence-corrected chi connectivity index (χ3v) is 3.42. The Bertz CT molecular complexity index is 543. The van der Waals surface area contributed by atoms with Crippen LogP contribution in [0.1, 0.15) is 0 Å². The minimum absolute atomic E-state index is 0.750. The molecular weight excluding hydrogens is 270 g/mol. The molecule has 0 aromatic heterocycles. The summed E-state index contributed by atoms with van der Waals surface area (Å²) >= 11 is 12.1. The summed E-state index contributed by atoms with van der Waals surface area (Å²) in [4.78, 5) is 6.21. The van der Waals surface area contributed by atoms with Crippen molar-refractivity contribution >= 4 is 46.4 Å². The Morgan fingerprint density at radius 1 is 0.941 bits per heavy atom. The third-order valence-electron chi connectivity index (χ3n) is 2.06. The van der Waals surface area contributed by atoms with Gasteiger partial charge >= 0.3 is 0 Å². The summed E-state index contributed by atoms with van der Waals surface area (Å²) < 4.78 is 0. The molecule has 84 valence electrons. The van der Waals surface area contributed by atoms with Gasteiger partial charge in [0.25, 0.3) is 0 Å². The molecule has 2 rings (SSSR count). The van der Waals surface area contributed by atoms with Crippen LogP contribution in [-0.2, 0) is 0 Å². The molecule has 1 nitrogen and oxygen atoms in total. The summed E-state index contributed by atoms with van der Waals surface area (Å²) in [7, 11) is 0. The molecule has 0 atom stereocenters. The van der Waals surface area contributed by atoms with Gasteiger partial charge in [-0.25, -0.2) is 0 Å². The third kappa shape index (κ3) is 3.69. The van der Waals surface area contributed by atoms with E-state index in [0.29, 0.717) is 0 Å². The largest absolute Gasteiger partial charge is 0.195 e. The zero-order valence-corrected chi connectivity index (χ0v) is 11.1. The molecule has 0 bridgehead atoms. The van der Waals surface area contributed by atoms with Gasteiger partial charge in [0.05, 0.1) is 10.8 Å². The first-order valence-electron chi connectivity index (χ1n) is 4.89.